The number of rotatable bonds is 3. The standard InChI is InChI=1S/C25H15ClF3NO5/c1-34-19-9-12(5-7-17(19)31)21-20-22(32)16-11-14(26)6-8-18(16)35-23(20)24(33)30(21)15-4-2-3-13(10-15)25(27,28)29/h2-11,21,31H,1H3. The highest BCUT2D eigenvalue weighted by atomic mass is 35.5. The van der Waals surface area contributed by atoms with E-state index >= 15 is 0 Å². The number of carbonyl (C=O) groups excluding carboxylic acids is 1. The molecule has 5 rings (SSSR count). The Morgan fingerprint density at radius 1 is 1.06 bits per heavy atom. The second-order valence-electron chi connectivity index (χ2n) is 7.87. The molecule has 0 radical (unpaired) electrons. The smallest absolute Gasteiger partial charge is 0.416 e. The van der Waals surface area contributed by atoms with E-state index in [4.69, 9.17) is 20.8 Å². The molecule has 0 spiro atoms. The number of ether oxygens (including phenoxy) is 1. The molecule has 0 aliphatic carbocycles. The molecule has 2 heterocycles. The number of hydrogen-bond donors (Lipinski definition) is 1. The Bertz CT molecular complexity index is 1560. The molecule has 1 aliphatic rings. The van der Waals surface area contributed by atoms with Crippen LogP contribution in [0, 0.1) is 0 Å². The number of halogens is 4. The van der Waals surface area contributed by atoms with Crippen LogP contribution >= 0.6 is 11.6 Å². The molecule has 0 saturated heterocycles. The zero-order valence-corrected chi connectivity index (χ0v) is 18.6. The average Bonchev–Trinajstić information content (AvgIpc) is 3.12. The summed E-state index contributed by atoms with van der Waals surface area (Å²) in [5, 5.41) is 10.4. The van der Waals surface area contributed by atoms with E-state index in [0.717, 1.165) is 17.0 Å². The van der Waals surface area contributed by atoms with Crippen LogP contribution in [0.3, 0.4) is 0 Å². The summed E-state index contributed by atoms with van der Waals surface area (Å²) in [5.74, 6) is -1.21. The number of phenols is 1. The minimum absolute atomic E-state index is 0.0561. The van der Waals surface area contributed by atoms with E-state index in [1.807, 2.05) is 0 Å². The largest absolute Gasteiger partial charge is 0.504 e. The van der Waals surface area contributed by atoms with Gasteiger partial charge in [0, 0.05) is 10.7 Å². The zero-order chi connectivity index (χ0) is 25.1. The molecule has 0 fully saturated rings. The molecule has 178 valence electrons. The first-order valence-corrected chi connectivity index (χ1v) is 10.6. The molecule has 10 heteroatoms. The maximum absolute atomic E-state index is 13.6. The van der Waals surface area contributed by atoms with E-state index in [-0.39, 0.29) is 44.5 Å². The van der Waals surface area contributed by atoms with Crippen LogP contribution in [0.5, 0.6) is 11.5 Å². The van der Waals surface area contributed by atoms with Crippen molar-refractivity contribution < 1.29 is 32.2 Å². The van der Waals surface area contributed by atoms with Gasteiger partial charge < -0.3 is 14.3 Å². The molecule has 1 amide bonds. The molecule has 1 N–H and O–H groups in total. The topological polar surface area (TPSA) is 80.0 Å². The first-order chi connectivity index (χ1) is 16.6. The highest BCUT2D eigenvalue weighted by Gasteiger charge is 2.44. The molecule has 0 bridgehead atoms. The van der Waals surface area contributed by atoms with E-state index in [9.17, 15) is 27.9 Å². The Morgan fingerprint density at radius 2 is 1.83 bits per heavy atom. The highest BCUT2D eigenvalue weighted by molar-refractivity contribution is 6.31. The van der Waals surface area contributed by atoms with Crippen molar-refractivity contribution in [2.45, 2.75) is 12.2 Å². The average molecular weight is 502 g/mol. The molecule has 1 aromatic heterocycles. The summed E-state index contributed by atoms with van der Waals surface area (Å²) < 4.78 is 51.3. The van der Waals surface area contributed by atoms with Gasteiger partial charge in [-0.05, 0) is 54.1 Å². The minimum atomic E-state index is -4.65. The first kappa shape index (κ1) is 22.8. The van der Waals surface area contributed by atoms with Crippen LogP contribution in [0.25, 0.3) is 11.0 Å². The molecular weight excluding hydrogens is 487 g/mol. The molecular formula is C25H15ClF3NO5. The van der Waals surface area contributed by atoms with Crippen LogP contribution in [0.4, 0.5) is 18.9 Å². The monoisotopic (exact) mass is 501 g/mol. The lowest BCUT2D eigenvalue weighted by Gasteiger charge is -2.26. The number of carbonyl (C=O) groups is 1. The number of hydrogen-bond acceptors (Lipinski definition) is 5. The van der Waals surface area contributed by atoms with Crippen molar-refractivity contribution >= 4 is 34.2 Å². The minimum Gasteiger partial charge on any atom is -0.504 e. The van der Waals surface area contributed by atoms with E-state index < -0.39 is 29.1 Å². The van der Waals surface area contributed by atoms with Gasteiger partial charge in [-0.1, -0.05) is 23.7 Å². The van der Waals surface area contributed by atoms with Gasteiger partial charge in [0.2, 0.25) is 5.76 Å². The number of methoxy groups -OCH3 is 1. The lowest BCUT2D eigenvalue weighted by Crippen LogP contribution is -2.29. The van der Waals surface area contributed by atoms with Crippen molar-refractivity contribution in [3.63, 3.8) is 0 Å². The van der Waals surface area contributed by atoms with Crippen LogP contribution in [0.15, 0.2) is 69.9 Å². The maximum atomic E-state index is 13.6. The van der Waals surface area contributed by atoms with Gasteiger partial charge in [0.1, 0.15) is 5.58 Å². The quantitative estimate of drug-likeness (QED) is 0.376. The van der Waals surface area contributed by atoms with Crippen LogP contribution in [0.2, 0.25) is 5.02 Å². The van der Waals surface area contributed by atoms with Gasteiger partial charge in [-0.2, -0.15) is 13.2 Å². The summed E-state index contributed by atoms with van der Waals surface area (Å²) in [6.45, 7) is 0. The normalized spacial score (nSPS) is 15.5. The molecule has 1 unspecified atom stereocenters. The number of benzene rings is 3. The second-order valence-corrected chi connectivity index (χ2v) is 8.31. The van der Waals surface area contributed by atoms with Crippen molar-refractivity contribution in [3.05, 3.63) is 98.4 Å². The number of nitrogens with zero attached hydrogens (tertiary/aromatic N) is 1. The third-order valence-corrected chi connectivity index (χ3v) is 6.04. The lowest BCUT2D eigenvalue weighted by atomic mass is 9.97. The van der Waals surface area contributed by atoms with Crippen molar-refractivity contribution in [1.29, 1.82) is 0 Å². The fraction of sp³-hybridized carbons (Fsp3) is 0.120. The lowest BCUT2D eigenvalue weighted by molar-refractivity contribution is -0.137. The third-order valence-electron chi connectivity index (χ3n) is 5.80. The Hall–Kier alpha value is -3.98. The molecule has 4 aromatic rings. The fourth-order valence-corrected chi connectivity index (χ4v) is 4.40. The van der Waals surface area contributed by atoms with Crippen molar-refractivity contribution in [3.8, 4) is 11.5 Å². The predicted molar refractivity (Wildman–Crippen MR) is 122 cm³/mol. The van der Waals surface area contributed by atoms with Crippen LogP contribution < -0.4 is 15.1 Å². The van der Waals surface area contributed by atoms with Gasteiger partial charge in [0.15, 0.2) is 16.9 Å². The number of fused-ring (bicyclic) bond motifs is 2. The number of anilines is 1. The Morgan fingerprint density at radius 3 is 2.54 bits per heavy atom. The second kappa shape index (κ2) is 8.06. The van der Waals surface area contributed by atoms with E-state index in [1.54, 1.807) is 0 Å². The van der Waals surface area contributed by atoms with Crippen LogP contribution in [-0.2, 0) is 6.18 Å². The molecule has 3 aromatic carbocycles. The summed E-state index contributed by atoms with van der Waals surface area (Å²) in [6, 6.07) is 11.6. The first-order valence-electron chi connectivity index (χ1n) is 10.2. The molecule has 6 nitrogen and oxygen atoms in total. The number of aromatic hydroxyl groups is 1. The number of phenolic OH excluding ortho intramolecular Hbond substituents is 1. The van der Waals surface area contributed by atoms with E-state index in [0.29, 0.717) is 5.56 Å². The third kappa shape index (κ3) is 3.68. The number of alkyl halides is 3. The van der Waals surface area contributed by atoms with Gasteiger partial charge in [-0.15, -0.1) is 0 Å². The summed E-state index contributed by atoms with van der Waals surface area (Å²) >= 11 is 6.06. The van der Waals surface area contributed by atoms with Gasteiger partial charge in [-0.3, -0.25) is 14.5 Å². The zero-order valence-electron chi connectivity index (χ0n) is 17.9. The Kier molecular flexibility index (Phi) is 5.25. The summed E-state index contributed by atoms with van der Waals surface area (Å²) in [7, 11) is 1.32. The van der Waals surface area contributed by atoms with Crippen LogP contribution in [0.1, 0.15) is 33.3 Å². The van der Waals surface area contributed by atoms with Gasteiger partial charge >= 0.3 is 6.18 Å². The SMILES string of the molecule is COc1cc(C2c3c(oc4ccc(Cl)cc4c3=O)C(=O)N2c2cccc(C(F)(F)F)c2)ccc1O. The van der Waals surface area contributed by atoms with Gasteiger partial charge in [0.25, 0.3) is 5.91 Å². The Balaban J connectivity index is 1.81. The molecule has 1 atom stereocenters. The van der Waals surface area contributed by atoms with E-state index in [2.05, 4.69) is 0 Å². The molecule has 35 heavy (non-hydrogen) atoms. The number of amides is 1. The van der Waals surface area contributed by atoms with Crippen LogP contribution in [-0.4, -0.2) is 18.1 Å². The summed E-state index contributed by atoms with van der Waals surface area (Å²) in [5.41, 5.74) is -1.23. The van der Waals surface area contributed by atoms with E-state index in [1.165, 1.54) is 55.6 Å². The van der Waals surface area contributed by atoms with Crippen molar-refractivity contribution in [2.75, 3.05) is 12.0 Å². The summed E-state index contributed by atoms with van der Waals surface area (Å²) in [4.78, 5) is 28.2. The maximum Gasteiger partial charge on any atom is 0.416 e. The predicted octanol–water partition coefficient (Wildman–Crippen LogP) is 5.93. The Labute approximate surface area is 200 Å². The highest BCUT2D eigenvalue weighted by Crippen LogP contribution is 2.44. The fourth-order valence-electron chi connectivity index (χ4n) is 4.22. The van der Waals surface area contributed by atoms with Crippen molar-refractivity contribution in [1.82, 2.24) is 0 Å². The molecule has 0 saturated carbocycles. The van der Waals surface area contributed by atoms with Crippen molar-refractivity contribution in [2.24, 2.45) is 0 Å². The summed E-state index contributed by atoms with van der Waals surface area (Å²) in [6.07, 6.45) is -4.65. The van der Waals surface area contributed by atoms with Gasteiger partial charge in [-0.25, -0.2) is 0 Å². The van der Waals surface area contributed by atoms with Gasteiger partial charge in [0.05, 0.1) is 29.7 Å². The molecule has 1 aliphatic heterocycles.